The molecule has 0 aliphatic heterocycles. The second-order valence-electron chi connectivity index (χ2n) is 7.74. The summed E-state index contributed by atoms with van der Waals surface area (Å²) in [5, 5.41) is 6.95. The Balaban J connectivity index is 2.05. The van der Waals surface area contributed by atoms with Gasteiger partial charge in [-0.3, -0.25) is 14.3 Å². The molecule has 0 radical (unpaired) electrons. The van der Waals surface area contributed by atoms with E-state index < -0.39 is 0 Å². The molecule has 1 aromatic heterocycles. The zero-order valence-corrected chi connectivity index (χ0v) is 17.1. The minimum atomic E-state index is -0.348. The topological polar surface area (TPSA) is 76.5 Å². The summed E-state index contributed by atoms with van der Waals surface area (Å²) in [7, 11) is 5.01. The summed E-state index contributed by atoms with van der Waals surface area (Å²) in [4.78, 5) is 26.0. The van der Waals surface area contributed by atoms with Crippen molar-refractivity contribution in [1.29, 1.82) is 0 Å². The Labute approximate surface area is 160 Å². The van der Waals surface area contributed by atoms with Crippen molar-refractivity contribution in [3.63, 3.8) is 0 Å². The van der Waals surface area contributed by atoms with Crippen LogP contribution in [0.3, 0.4) is 0 Å². The molecule has 2 amide bonds. The standard InChI is InChI=1S/C20H28N4O3/c1-13-17(18(22-24(13)7)19(26)23(5)6)21-16(25)12-27-15-10-8-14(9-11-15)20(2,3)4/h8-11H,12H2,1-7H3,(H,21,25). The fraction of sp³-hybridized carbons (Fsp3) is 0.450. The number of anilines is 1. The number of carbonyl (C=O) groups excluding carboxylic acids is 2. The molecule has 7 heteroatoms. The number of amides is 2. The van der Waals surface area contributed by atoms with Gasteiger partial charge in [-0.2, -0.15) is 5.10 Å². The minimum absolute atomic E-state index is 0.0586. The number of hydrogen-bond acceptors (Lipinski definition) is 4. The second-order valence-corrected chi connectivity index (χ2v) is 7.74. The molecule has 2 aromatic rings. The highest BCUT2D eigenvalue weighted by molar-refractivity contribution is 6.03. The summed E-state index contributed by atoms with van der Waals surface area (Å²) in [6.45, 7) is 8.05. The second kappa shape index (κ2) is 7.82. The SMILES string of the molecule is Cc1c(NC(=O)COc2ccc(C(C)(C)C)cc2)c(C(=O)N(C)C)nn1C. The highest BCUT2D eigenvalue weighted by atomic mass is 16.5. The lowest BCUT2D eigenvalue weighted by molar-refractivity contribution is -0.118. The minimum Gasteiger partial charge on any atom is -0.484 e. The van der Waals surface area contributed by atoms with Gasteiger partial charge in [-0.25, -0.2) is 0 Å². The van der Waals surface area contributed by atoms with Crippen LogP contribution >= 0.6 is 0 Å². The number of benzene rings is 1. The summed E-state index contributed by atoms with van der Waals surface area (Å²) in [6.07, 6.45) is 0. The molecule has 0 saturated carbocycles. The molecule has 0 aliphatic rings. The van der Waals surface area contributed by atoms with E-state index in [-0.39, 0.29) is 29.5 Å². The summed E-state index contributed by atoms with van der Waals surface area (Å²) in [6, 6.07) is 7.69. The van der Waals surface area contributed by atoms with E-state index in [0.29, 0.717) is 17.1 Å². The van der Waals surface area contributed by atoms with Gasteiger partial charge in [0.1, 0.15) is 5.75 Å². The van der Waals surface area contributed by atoms with E-state index in [1.807, 2.05) is 24.3 Å². The van der Waals surface area contributed by atoms with Crippen LogP contribution in [0.1, 0.15) is 42.5 Å². The number of carbonyl (C=O) groups is 2. The predicted octanol–water partition coefficient (Wildman–Crippen LogP) is 2.75. The summed E-state index contributed by atoms with van der Waals surface area (Å²) in [5.74, 6) is -0.00265. The van der Waals surface area contributed by atoms with Gasteiger partial charge in [-0.1, -0.05) is 32.9 Å². The van der Waals surface area contributed by atoms with E-state index in [2.05, 4.69) is 31.2 Å². The van der Waals surface area contributed by atoms with Gasteiger partial charge in [0, 0.05) is 21.1 Å². The van der Waals surface area contributed by atoms with Gasteiger partial charge in [0.15, 0.2) is 12.3 Å². The number of nitrogens with one attached hydrogen (secondary N) is 1. The molecule has 1 aromatic carbocycles. The van der Waals surface area contributed by atoms with Gasteiger partial charge in [-0.05, 0) is 30.0 Å². The first-order valence-electron chi connectivity index (χ1n) is 8.79. The lowest BCUT2D eigenvalue weighted by Gasteiger charge is -2.19. The van der Waals surface area contributed by atoms with Crippen LogP contribution in [-0.2, 0) is 17.3 Å². The van der Waals surface area contributed by atoms with Crippen molar-refractivity contribution < 1.29 is 14.3 Å². The van der Waals surface area contributed by atoms with Crippen LogP contribution < -0.4 is 10.1 Å². The number of aryl methyl sites for hydroxylation is 1. The summed E-state index contributed by atoms with van der Waals surface area (Å²) < 4.78 is 7.14. The maximum absolute atomic E-state index is 12.3. The molecule has 2 rings (SSSR count). The third-order valence-electron chi connectivity index (χ3n) is 4.30. The van der Waals surface area contributed by atoms with Crippen LogP contribution in [0.5, 0.6) is 5.75 Å². The molecule has 7 nitrogen and oxygen atoms in total. The quantitative estimate of drug-likeness (QED) is 0.876. The Hall–Kier alpha value is -2.83. The van der Waals surface area contributed by atoms with Crippen molar-refractivity contribution >= 4 is 17.5 Å². The van der Waals surface area contributed by atoms with Crippen LogP contribution in [0.4, 0.5) is 5.69 Å². The number of hydrogen-bond donors (Lipinski definition) is 1. The number of ether oxygens (including phenoxy) is 1. The molecule has 0 saturated heterocycles. The Morgan fingerprint density at radius 3 is 2.30 bits per heavy atom. The van der Waals surface area contributed by atoms with Gasteiger partial charge in [0.05, 0.1) is 11.4 Å². The maximum Gasteiger partial charge on any atom is 0.276 e. The molecule has 0 fully saturated rings. The lowest BCUT2D eigenvalue weighted by Crippen LogP contribution is -2.26. The van der Waals surface area contributed by atoms with E-state index in [0.717, 1.165) is 0 Å². The van der Waals surface area contributed by atoms with E-state index in [4.69, 9.17) is 4.74 Å². The number of nitrogens with zero attached hydrogens (tertiary/aromatic N) is 3. The largest absolute Gasteiger partial charge is 0.484 e. The first kappa shape index (κ1) is 20.5. The molecule has 0 aliphatic carbocycles. The monoisotopic (exact) mass is 372 g/mol. The van der Waals surface area contributed by atoms with E-state index in [1.54, 1.807) is 32.7 Å². The normalized spacial score (nSPS) is 11.2. The van der Waals surface area contributed by atoms with E-state index in [1.165, 1.54) is 10.5 Å². The average Bonchev–Trinajstić information content (AvgIpc) is 2.87. The van der Waals surface area contributed by atoms with Crippen molar-refractivity contribution in [2.45, 2.75) is 33.1 Å². The van der Waals surface area contributed by atoms with Crippen molar-refractivity contribution in [3.8, 4) is 5.75 Å². The number of rotatable bonds is 5. The maximum atomic E-state index is 12.3. The Bertz CT molecular complexity index is 830. The fourth-order valence-corrected chi connectivity index (χ4v) is 2.49. The molecule has 1 N–H and O–H groups in total. The van der Waals surface area contributed by atoms with Gasteiger partial charge in [-0.15, -0.1) is 0 Å². The molecule has 0 atom stereocenters. The molecule has 146 valence electrons. The van der Waals surface area contributed by atoms with Crippen LogP contribution in [0.25, 0.3) is 0 Å². The van der Waals surface area contributed by atoms with Gasteiger partial charge < -0.3 is 15.0 Å². The van der Waals surface area contributed by atoms with Crippen LogP contribution in [0, 0.1) is 6.92 Å². The third kappa shape index (κ3) is 4.87. The first-order chi connectivity index (χ1) is 12.5. The molecule has 0 spiro atoms. The molecule has 1 heterocycles. The van der Waals surface area contributed by atoms with Crippen molar-refractivity contribution in [3.05, 3.63) is 41.2 Å². The van der Waals surface area contributed by atoms with Crippen molar-refractivity contribution in [2.75, 3.05) is 26.0 Å². The molecular weight excluding hydrogens is 344 g/mol. The Morgan fingerprint density at radius 2 is 1.78 bits per heavy atom. The molecular formula is C20H28N4O3. The molecule has 27 heavy (non-hydrogen) atoms. The Kier molecular flexibility index (Phi) is 5.93. The van der Waals surface area contributed by atoms with Crippen molar-refractivity contribution in [1.82, 2.24) is 14.7 Å². The highest BCUT2D eigenvalue weighted by Gasteiger charge is 2.22. The zero-order chi connectivity index (χ0) is 20.4. The lowest BCUT2D eigenvalue weighted by atomic mass is 9.87. The number of aromatic nitrogens is 2. The summed E-state index contributed by atoms with van der Waals surface area (Å²) in [5.41, 5.74) is 2.57. The first-order valence-corrected chi connectivity index (χ1v) is 8.79. The fourth-order valence-electron chi connectivity index (χ4n) is 2.49. The highest BCUT2D eigenvalue weighted by Crippen LogP contribution is 2.24. The van der Waals surface area contributed by atoms with Crippen molar-refractivity contribution in [2.24, 2.45) is 7.05 Å². The zero-order valence-electron chi connectivity index (χ0n) is 17.1. The third-order valence-corrected chi connectivity index (χ3v) is 4.30. The van der Waals surface area contributed by atoms with Crippen LogP contribution in [0.15, 0.2) is 24.3 Å². The van der Waals surface area contributed by atoms with E-state index >= 15 is 0 Å². The predicted molar refractivity (Wildman–Crippen MR) is 105 cm³/mol. The summed E-state index contributed by atoms with van der Waals surface area (Å²) >= 11 is 0. The van der Waals surface area contributed by atoms with Gasteiger partial charge in [0.2, 0.25) is 0 Å². The molecule has 0 unspecified atom stereocenters. The van der Waals surface area contributed by atoms with Crippen LogP contribution in [-0.4, -0.2) is 47.2 Å². The van der Waals surface area contributed by atoms with Crippen LogP contribution in [0.2, 0.25) is 0 Å². The van der Waals surface area contributed by atoms with E-state index in [9.17, 15) is 9.59 Å². The smallest absolute Gasteiger partial charge is 0.276 e. The average molecular weight is 372 g/mol. The van der Waals surface area contributed by atoms with Gasteiger partial charge >= 0.3 is 0 Å². The Morgan fingerprint density at radius 1 is 1.19 bits per heavy atom. The molecule has 0 bridgehead atoms. The van der Waals surface area contributed by atoms with Gasteiger partial charge in [0.25, 0.3) is 11.8 Å².